The summed E-state index contributed by atoms with van der Waals surface area (Å²) >= 11 is 3.48. The van der Waals surface area contributed by atoms with Crippen LogP contribution in [0.2, 0.25) is 0 Å². The number of carbonyl (C=O) groups excluding carboxylic acids is 1. The third kappa shape index (κ3) is 3.24. The van der Waals surface area contributed by atoms with Gasteiger partial charge in [0.15, 0.2) is 5.78 Å². The molecule has 0 heterocycles. The second-order valence-corrected chi connectivity index (χ2v) is 5.18. The Morgan fingerprint density at radius 2 is 1.95 bits per heavy atom. The van der Waals surface area contributed by atoms with Gasteiger partial charge in [0.2, 0.25) is 0 Å². The van der Waals surface area contributed by atoms with Crippen LogP contribution in [-0.2, 0) is 6.42 Å². The Labute approximate surface area is 121 Å². The van der Waals surface area contributed by atoms with Crippen LogP contribution in [0.1, 0.15) is 21.5 Å². The topological polar surface area (TPSA) is 26.3 Å². The van der Waals surface area contributed by atoms with Crippen molar-refractivity contribution >= 4 is 21.7 Å². The van der Waals surface area contributed by atoms with Crippen LogP contribution in [0, 0.1) is 6.92 Å². The molecule has 0 aliphatic rings. The second-order valence-electron chi connectivity index (χ2n) is 4.39. The molecule has 2 aromatic rings. The molecule has 0 bridgehead atoms. The van der Waals surface area contributed by atoms with Crippen molar-refractivity contribution in [2.24, 2.45) is 0 Å². The smallest absolute Gasteiger partial charge is 0.168 e. The van der Waals surface area contributed by atoms with Gasteiger partial charge in [-0.3, -0.25) is 4.79 Å². The molecule has 3 heteroatoms. The summed E-state index contributed by atoms with van der Waals surface area (Å²) in [5, 5.41) is 0. The molecular formula is C16H15BrO2. The molecule has 0 unspecified atom stereocenters. The first-order valence-electron chi connectivity index (χ1n) is 6.03. The lowest BCUT2D eigenvalue weighted by molar-refractivity contribution is 0.0992. The average Bonchev–Trinajstić information content (AvgIpc) is 2.42. The van der Waals surface area contributed by atoms with E-state index in [4.69, 9.17) is 4.74 Å². The van der Waals surface area contributed by atoms with Gasteiger partial charge in [-0.1, -0.05) is 30.3 Å². The molecule has 0 aliphatic carbocycles. The molecule has 0 saturated heterocycles. The predicted molar refractivity (Wildman–Crippen MR) is 79.9 cm³/mol. The minimum atomic E-state index is 0.101. The third-order valence-electron chi connectivity index (χ3n) is 2.99. The van der Waals surface area contributed by atoms with E-state index in [1.54, 1.807) is 7.11 Å². The Bertz CT molecular complexity index is 605. The average molecular weight is 319 g/mol. The Morgan fingerprint density at radius 3 is 2.68 bits per heavy atom. The fourth-order valence-corrected chi connectivity index (χ4v) is 2.41. The quantitative estimate of drug-likeness (QED) is 0.790. The lowest BCUT2D eigenvalue weighted by Crippen LogP contribution is -2.05. The number of Topliss-reactive ketones (excluding diaryl/α,β-unsaturated/α-hetero) is 1. The van der Waals surface area contributed by atoms with Gasteiger partial charge in [0.1, 0.15) is 5.75 Å². The Hall–Kier alpha value is -1.61. The Balaban J connectivity index is 2.23. The van der Waals surface area contributed by atoms with Gasteiger partial charge in [0.05, 0.1) is 7.11 Å². The molecule has 98 valence electrons. The summed E-state index contributed by atoms with van der Waals surface area (Å²) in [7, 11) is 1.62. The van der Waals surface area contributed by atoms with Crippen molar-refractivity contribution in [3.05, 3.63) is 63.6 Å². The summed E-state index contributed by atoms with van der Waals surface area (Å²) in [6.45, 7) is 1.98. The standard InChI is InChI=1S/C16H15BrO2/c1-11-5-3-8-14(16(11)17)15(18)10-12-6-4-7-13(9-12)19-2/h3-9H,10H2,1-2H3. The number of rotatable bonds is 4. The zero-order valence-corrected chi connectivity index (χ0v) is 12.5. The van der Waals surface area contributed by atoms with Crippen LogP contribution in [-0.4, -0.2) is 12.9 Å². The van der Waals surface area contributed by atoms with E-state index in [1.807, 2.05) is 49.4 Å². The maximum atomic E-state index is 12.3. The van der Waals surface area contributed by atoms with Crippen LogP contribution in [0.3, 0.4) is 0 Å². The summed E-state index contributed by atoms with van der Waals surface area (Å²) in [5.74, 6) is 0.873. The monoisotopic (exact) mass is 318 g/mol. The first-order chi connectivity index (χ1) is 9.11. The largest absolute Gasteiger partial charge is 0.497 e. The van der Waals surface area contributed by atoms with E-state index in [1.165, 1.54) is 0 Å². The van der Waals surface area contributed by atoms with Crippen molar-refractivity contribution in [1.82, 2.24) is 0 Å². The van der Waals surface area contributed by atoms with E-state index >= 15 is 0 Å². The highest BCUT2D eigenvalue weighted by Crippen LogP contribution is 2.23. The highest BCUT2D eigenvalue weighted by molar-refractivity contribution is 9.10. The van der Waals surface area contributed by atoms with Crippen molar-refractivity contribution < 1.29 is 9.53 Å². The van der Waals surface area contributed by atoms with E-state index in [9.17, 15) is 4.79 Å². The highest BCUT2D eigenvalue weighted by Gasteiger charge is 2.12. The van der Waals surface area contributed by atoms with Crippen LogP contribution in [0.4, 0.5) is 0 Å². The molecule has 0 N–H and O–H groups in total. The maximum absolute atomic E-state index is 12.3. The Morgan fingerprint density at radius 1 is 1.21 bits per heavy atom. The molecule has 0 aromatic heterocycles. The second kappa shape index (κ2) is 6.02. The van der Waals surface area contributed by atoms with Gasteiger partial charge in [0, 0.05) is 16.5 Å². The van der Waals surface area contributed by atoms with Crippen LogP contribution in [0.5, 0.6) is 5.75 Å². The molecule has 0 aliphatic heterocycles. The SMILES string of the molecule is COc1cccc(CC(=O)c2cccc(C)c2Br)c1. The normalized spacial score (nSPS) is 10.3. The number of hydrogen-bond donors (Lipinski definition) is 0. The van der Waals surface area contributed by atoms with E-state index in [2.05, 4.69) is 15.9 Å². The van der Waals surface area contributed by atoms with Crippen molar-refractivity contribution in [2.75, 3.05) is 7.11 Å². The predicted octanol–water partition coefficient (Wildman–Crippen LogP) is 4.19. The molecule has 2 aromatic carbocycles. The zero-order chi connectivity index (χ0) is 13.8. The highest BCUT2D eigenvalue weighted by atomic mass is 79.9. The molecule has 0 amide bonds. The number of benzene rings is 2. The summed E-state index contributed by atoms with van der Waals surface area (Å²) in [4.78, 5) is 12.3. The summed E-state index contributed by atoms with van der Waals surface area (Å²) in [5.41, 5.74) is 2.75. The number of ether oxygens (including phenoxy) is 1. The van der Waals surface area contributed by atoms with Crippen LogP contribution in [0.25, 0.3) is 0 Å². The third-order valence-corrected chi connectivity index (χ3v) is 4.04. The lowest BCUT2D eigenvalue weighted by atomic mass is 10.0. The number of halogens is 1. The first kappa shape index (κ1) is 13.8. The molecular weight excluding hydrogens is 304 g/mol. The van der Waals surface area contributed by atoms with Crippen molar-refractivity contribution in [3.63, 3.8) is 0 Å². The van der Waals surface area contributed by atoms with E-state index in [0.29, 0.717) is 6.42 Å². The minimum Gasteiger partial charge on any atom is -0.497 e. The summed E-state index contributed by atoms with van der Waals surface area (Å²) in [6.07, 6.45) is 0.374. The van der Waals surface area contributed by atoms with E-state index in [0.717, 1.165) is 26.9 Å². The van der Waals surface area contributed by atoms with Crippen molar-refractivity contribution in [3.8, 4) is 5.75 Å². The fraction of sp³-hybridized carbons (Fsp3) is 0.188. The van der Waals surface area contributed by atoms with Gasteiger partial charge < -0.3 is 4.74 Å². The van der Waals surface area contributed by atoms with E-state index in [-0.39, 0.29) is 5.78 Å². The Kier molecular flexibility index (Phi) is 4.38. The summed E-state index contributed by atoms with van der Waals surface area (Å²) in [6, 6.07) is 13.3. The fourth-order valence-electron chi connectivity index (χ4n) is 1.93. The molecule has 0 saturated carbocycles. The van der Waals surface area contributed by atoms with Gasteiger partial charge in [-0.2, -0.15) is 0 Å². The van der Waals surface area contributed by atoms with Crippen molar-refractivity contribution in [1.29, 1.82) is 0 Å². The van der Waals surface area contributed by atoms with Gasteiger partial charge >= 0.3 is 0 Å². The van der Waals surface area contributed by atoms with Crippen molar-refractivity contribution in [2.45, 2.75) is 13.3 Å². The molecule has 19 heavy (non-hydrogen) atoms. The number of hydrogen-bond acceptors (Lipinski definition) is 2. The molecule has 0 spiro atoms. The minimum absolute atomic E-state index is 0.101. The molecule has 2 nitrogen and oxygen atoms in total. The molecule has 0 fully saturated rings. The number of aryl methyl sites for hydroxylation is 1. The van der Waals surface area contributed by atoms with Gasteiger partial charge in [0.25, 0.3) is 0 Å². The number of carbonyl (C=O) groups is 1. The van der Waals surface area contributed by atoms with Gasteiger partial charge in [-0.05, 0) is 46.1 Å². The number of methoxy groups -OCH3 is 1. The maximum Gasteiger partial charge on any atom is 0.168 e. The summed E-state index contributed by atoms with van der Waals surface area (Å²) < 4.78 is 6.04. The molecule has 0 atom stereocenters. The lowest BCUT2D eigenvalue weighted by Gasteiger charge is -2.07. The van der Waals surface area contributed by atoms with Crippen LogP contribution in [0.15, 0.2) is 46.9 Å². The van der Waals surface area contributed by atoms with Gasteiger partial charge in [-0.15, -0.1) is 0 Å². The zero-order valence-electron chi connectivity index (χ0n) is 10.9. The van der Waals surface area contributed by atoms with E-state index < -0.39 is 0 Å². The number of ketones is 1. The van der Waals surface area contributed by atoms with Crippen LogP contribution < -0.4 is 4.74 Å². The molecule has 0 radical (unpaired) electrons. The van der Waals surface area contributed by atoms with Crippen LogP contribution >= 0.6 is 15.9 Å². The van der Waals surface area contributed by atoms with Gasteiger partial charge in [-0.25, -0.2) is 0 Å². The first-order valence-corrected chi connectivity index (χ1v) is 6.82. The molecule has 2 rings (SSSR count).